The number of fused-ring (bicyclic) bond motifs is 1. The quantitative estimate of drug-likeness (QED) is 0.621. The number of hydrogen-bond acceptors (Lipinski definition) is 5. The molecule has 3 aromatic rings. The van der Waals surface area contributed by atoms with Gasteiger partial charge in [0, 0.05) is 13.2 Å². The zero-order valence-electron chi connectivity index (χ0n) is 17.5. The molecule has 2 N–H and O–H groups in total. The van der Waals surface area contributed by atoms with Crippen LogP contribution in [0.25, 0.3) is 17.7 Å². The molecule has 0 bridgehead atoms. The molecule has 1 aromatic heterocycles. The number of carbonyl (C=O) groups is 1. The van der Waals surface area contributed by atoms with Crippen LogP contribution in [-0.4, -0.2) is 34.5 Å². The fraction of sp³-hybridized carbons (Fsp3) is 0.167. The van der Waals surface area contributed by atoms with Crippen molar-refractivity contribution in [2.45, 2.75) is 13.3 Å². The third kappa shape index (κ3) is 4.36. The van der Waals surface area contributed by atoms with Crippen LogP contribution in [0.15, 0.2) is 60.8 Å². The lowest BCUT2D eigenvalue weighted by molar-refractivity contribution is -0.121. The standard InChI is InChI=1S/C24H24N4O3/c1-27-13-12-21-22(20(23(27)29)14-17-8-10-19(30-2)11-9-17)28(24(25)26-21)16-31-15-18-6-4-3-5-7-18/h3-14H,15-16H2,1-2H3,(H2,25,26)/b20-14+. The second-order valence-corrected chi connectivity index (χ2v) is 7.16. The Morgan fingerprint density at radius 3 is 2.55 bits per heavy atom. The molecule has 0 fully saturated rings. The van der Waals surface area contributed by atoms with E-state index in [2.05, 4.69) is 4.98 Å². The number of imidazole rings is 1. The van der Waals surface area contributed by atoms with Crippen molar-refractivity contribution in [1.29, 1.82) is 0 Å². The Balaban J connectivity index is 1.70. The number of aromatic nitrogens is 2. The van der Waals surface area contributed by atoms with Crippen LogP contribution < -0.4 is 10.5 Å². The van der Waals surface area contributed by atoms with Gasteiger partial charge in [-0.25, -0.2) is 4.98 Å². The van der Waals surface area contributed by atoms with Gasteiger partial charge in [-0.3, -0.25) is 9.36 Å². The van der Waals surface area contributed by atoms with E-state index in [0.29, 0.717) is 29.5 Å². The van der Waals surface area contributed by atoms with Crippen LogP contribution in [0, 0.1) is 0 Å². The van der Waals surface area contributed by atoms with E-state index in [1.807, 2.05) is 60.7 Å². The van der Waals surface area contributed by atoms with E-state index in [0.717, 1.165) is 16.9 Å². The maximum Gasteiger partial charge on any atom is 0.259 e. The van der Waals surface area contributed by atoms with Crippen LogP contribution in [0.3, 0.4) is 0 Å². The molecule has 1 aliphatic heterocycles. The smallest absolute Gasteiger partial charge is 0.259 e. The summed E-state index contributed by atoms with van der Waals surface area (Å²) in [7, 11) is 3.33. The van der Waals surface area contributed by atoms with Crippen molar-refractivity contribution in [3.63, 3.8) is 0 Å². The minimum Gasteiger partial charge on any atom is -0.497 e. The molecule has 0 spiro atoms. The van der Waals surface area contributed by atoms with E-state index < -0.39 is 0 Å². The molecule has 158 valence electrons. The van der Waals surface area contributed by atoms with E-state index in [9.17, 15) is 4.79 Å². The molecule has 0 saturated carbocycles. The summed E-state index contributed by atoms with van der Waals surface area (Å²) in [5.74, 6) is 0.883. The Hall–Kier alpha value is -3.84. The number of methoxy groups -OCH3 is 1. The first-order valence-electron chi connectivity index (χ1n) is 9.86. The summed E-state index contributed by atoms with van der Waals surface area (Å²) in [4.78, 5) is 19.1. The summed E-state index contributed by atoms with van der Waals surface area (Å²) in [6.45, 7) is 0.600. The predicted molar refractivity (Wildman–Crippen MR) is 121 cm³/mol. The third-order valence-corrected chi connectivity index (χ3v) is 5.04. The van der Waals surface area contributed by atoms with Gasteiger partial charge in [0.1, 0.15) is 12.5 Å². The van der Waals surface area contributed by atoms with Crippen LogP contribution in [0.1, 0.15) is 22.5 Å². The number of hydrogen-bond donors (Lipinski definition) is 1. The number of nitrogens with zero attached hydrogens (tertiary/aromatic N) is 3. The average molecular weight is 416 g/mol. The molecule has 7 heteroatoms. The molecule has 4 rings (SSSR count). The van der Waals surface area contributed by atoms with Crippen molar-refractivity contribution < 1.29 is 14.3 Å². The van der Waals surface area contributed by atoms with Gasteiger partial charge in [0.15, 0.2) is 0 Å². The van der Waals surface area contributed by atoms with Crippen molar-refractivity contribution in [3.8, 4) is 5.75 Å². The molecule has 7 nitrogen and oxygen atoms in total. The van der Waals surface area contributed by atoms with Gasteiger partial charge in [-0.1, -0.05) is 42.5 Å². The SMILES string of the molecule is COc1ccc(/C=C2/C(=O)N(C)C=Cc3nc(N)n(COCc4ccccc4)c32)cc1. The van der Waals surface area contributed by atoms with Gasteiger partial charge in [0.2, 0.25) is 5.95 Å². The van der Waals surface area contributed by atoms with Crippen molar-refractivity contribution >= 4 is 29.6 Å². The number of carbonyl (C=O) groups excluding carboxylic acids is 1. The molecule has 1 aliphatic rings. The second kappa shape index (κ2) is 8.89. The van der Waals surface area contributed by atoms with Gasteiger partial charge in [-0.15, -0.1) is 0 Å². The van der Waals surface area contributed by atoms with Crippen molar-refractivity contribution in [2.24, 2.45) is 0 Å². The first-order valence-corrected chi connectivity index (χ1v) is 9.86. The minimum absolute atomic E-state index is 0.157. The lowest BCUT2D eigenvalue weighted by Crippen LogP contribution is -2.22. The summed E-state index contributed by atoms with van der Waals surface area (Å²) >= 11 is 0. The summed E-state index contributed by atoms with van der Waals surface area (Å²) in [6, 6.07) is 17.4. The van der Waals surface area contributed by atoms with Crippen LogP contribution in [0.4, 0.5) is 5.95 Å². The first-order chi connectivity index (χ1) is 15.1. The van der Waals surface area contributed by atoms with Crippen molar-refractivity contribution in [3.05, 3.63) is 83.3 Å². The number of likely N-dealkylation sites (N-methyl/N-ethyl adjacent to an activating group) is 1. The highest BCUT2D eigenvalue weighted by Gasteiger charge is 2.27. The highest BCUT2D eigenvalue weighted by Crippen LogP contribution is 2.30. The molecule has 0 aliphatic carbocycles. The molecule has 2 heterocycles. The molecule has 31 heavy (non-hydrogen) atoms. The molecule has 1 amide bonds. The molecular weight excluding hydrogens is 392 g/mol. The molecular formula is C24H24N4O3. The number of benzene rings is 2. The molecule has 0 saturated heterocycles. The molecule has 0 radical (unpaired) electrons. The zero-order chi connectivity index (χ0) is 21.8. The summed E-state index contributed by atoms with van der Waals surface area (Å²) in [6.07, 6.45) is 5.31. The highest BCUT2D eigenvalue weighted by atomic mass is 16.5. The van der Waals surface area contributed by atoms with E-state index in [-0.39, 0.29) is 12.6 Å². The molecule has 0 atom stereocenters. The fourth-order valence-corrected chi connectivity index (χ4v) is 3.39. The monoisotopic (exact) mass is 416 g/mol. The number of amides is 1. The third-order valence-electron chi connectivity index (χ3n) is 5.04. The van der Waals surface area contributed by atoms with Crippen molar-refractivity contribution in [1.82, 2.24) is 14.5 Å². The van der Waals surface area contributed by atoms with Crippen LogP contribution >= 0.6 is 0 Å². The fourth-order valence-electron chi connectivity index (χ4n) is 3.39. The van der Waals surface area contributed by atoms with E-state index in [1.54, 1.807) is 31.0 Å². The summed E-state index contributed by atoms with van der Waals surface area (Å²) in [5.41, 5.74) is 9.85. The number of rotatable bonds is 6. The highest BCUT2D eigenvalue weighted by molar-refractivity contribution is 6.25. The Bertz CT molecular complexity index is 1130. The maximum absolute atomic E-state index is 13.2. The maximum atomic E-state index is 13.2. The van der Waals surface area contributed by atoms with E-state index in [4.69, 9.17) is 15.2 Å². The lowest BCUT2D eigenvalue weighted by atomic mass is 10.1. The van der Waals surface area contributed by atoms with Gasteiger partial charge in [0.05, 0.1) is 30.7 Å². The number of ether oxygens (including phenoxy) is 2. The normalized spacial score (nSPS) is 14.6. The Kier molecular flexibility index (Phi) is 5.86. The number of nitrogen functional groups attached to an aromatic ring is 1. The van der Waals surface area contributed by atoms with Gasteiger partial charge in [-0.2, -0.15) is 0 Å². The van der Waals surface area contributed by atoms with E-state index in [1.165, 1.54) is 4.90 Å². The summed E-state index contributed by atoms with van der Waals surface area (Å²) in [5, 5.41) is 0. The van der Waals surface area contributed by atoms with Gasteiger partial charge < -0.3 is 20.1 Å². The molecule has 0 unspecified atom stereocenters. The van der Waals surface area contributed by atoms with Gasteiger partial charge in [-0.05, 0) is 35.4 Å². The van der Waals surface area contributed by atoms with E-state index >= 15 is 0 Å². The zero-order valence-corrected chi connectivity index (χ0v) is 17.5. The van der Waals surface area contributed by atoms with Crippen LogP contribution in [-0.2, 0) is 22.9 Å². The van der Waals surface area contributed by atoms with Gasteiger partial charge >= 0.3 is 0 Å². The summed E-state index contributed by atoms with van der Waals surface area (Å²) < 4.78 is 12.8. The Labute approximate surface area is 181 Å². The van der Waals surface area contributed by atoms with Crippen LogP contribution in [0.2, 0.25) is 0 Å². The minimum atomic E-state index is -0.157. The number of nitrogens with two attached hydrogens (primary N) is 1. The Morgan fingerprint density at radius 2 is 1.84 bits per heavy atom. The average Bonchev–Trinajstić information content (AvgIpc) is 3.05. The van der Waals surface area contributed by atoms with Crippen LogP contribution in [0.5, 0.6) is 5.75 Å². The second-order valence-electron chi connectivity index (χ2n) is 7.16. The molecule has 2 aromatic carbocycles. The van der Waals surface area contributed by atoms with Crippen molar-refractivity contribution in [2.75, 3.05) is 19.9 Å². The number of anilines is 1. The lowest BCUT2D eigenvalue weighted by Gasteiger charge is -2.16. The Morgan fingerprint density at radius 1 is 1.10 bits per heavy atom. The predicted octanol–water partition coefficient (Wildman–Crippen LogP) is 3.63. The largest absolute Gasteiger partial charge is 0.497 e. The van der Waals surface area contributed by atoms with Gasteiger partial charge in [0.25, 0.3) is 5.91 Å². The topological polar surface area (TPSA) is 82.6 Å². The first kappa shape index (κ1) is 20.4.